The number of benzene rings is 3. The molecule has 208 valence electrons. The Bertz CT molecular complexity index is 1750. The molecule has 7 rings (SSSR count). The number of hydrogen-bond acceptors (Lipinski definition) is 6. The highest BCUT2D eigenvalue weighted by Crippen LogP contribution is 2.62. The van der Waals surface area contributed by atoms with Crippen LogP contribution >= 0.6 is 0 Å². The molecule has 7 nitrogen and oxygen atoms in total. The zero-order chi connectivity index (χ0) is 28.8. The van der Waals surface area contributed by atoms with Gasteiger partial charge in [0, 0.05) is 29.8 Å². The first-order chi connectivity index (χ1) is 20.6. The third-order valence-corrected chi connectivity index (χ3v) is 8.68. The summed E-state index contributed by atoms with van der Waals surface area (Å²) in [7, 11) is 0. The van der Waals surface area contributed by atoms with Crippen molar-refractivity contribution in [3.8, 4) is 5.75 Å². The third kappa shape index (κ3) is 3.66. The van der Waals surface area contributed by atoms with E-state index in [9.17, 15) is 14.4 Å². The van der Waals surface area contributed by atoms with Crippen LogP contribution in [0.15, 0.2) is 104 Å². The van der Waals surface area contributed by atoms with E-state index in [4.69, 9.17) is 4.74 Å². The fourth-order valence-corrected chi connectivity index (χ4v) is 7.02. The van der Waals surface area contributed by atoms with Crippen molar-refractivity contribution >= 4 is 29.2 Å². The van der Waals surface area contributed by atoms with Gasteiger partial charge in [-0.25, -0.2) is 0 Å². The van der Waals surface area contributed by atoms with E-state index in [1.165, 1.54) is 6.20 Å². The third-order valence-electron chi connectivity index (χ3n) is 8.68. The molecule has 7 heteroatoms. The molecule has 0 radical (unpaired) electrons. The maximum atomic E-state index is 14.8. The molecular weight excluding hydrogens is 526 g/mol. The normalized spacial score (nSPS) is 23.2. The maximum absolute atomic E-state index is 14.8. The van der Waals surface area contributed by atoms with E-state index in [0.29, 0.717) is 34.7 Å². The van der Waals surface area contributed by atoms with Gasteiger partial charge in [-0.1, -0.05) is 61.5 Å². The van der Waals surface area contributed by atoms with Crippen molar-refractivity contribution in [3.05, 3.63) is 131 Å². The summed E-state index contributed by atoms with van der Waals surface area (Å²) in [5.74, 6) is -1.46. The Balaban J connectivity index is 1.52. The number of hydrogen-bond donors (Lipinski definition) is 1. The Kier molecular flexibility index (Phi) is 6.23. The second-order valence-electron chi connectivity index (χ2n) is 10.9. The van der Waals surface area contributed by atoms with Crippen LogP contribution < -0.4 is 10.1 Å². The van der Waals surface area contributed by atoms with Gasteiger partial charge in [0.1, 0.15) is 17.2 Å². The molecule has 42 heavy (non-hydrogen) atoms. The van der Waals surface area contributed by atoms with E-state index in [1.807, 2.05) is 78.7 Å². The molecule has 1 fully saturated rings. The molecule has 3 aromatic carbocycles. The van der Waals surface area contributed by atoms with E-state index < -0.39 is 23.4 Å². The zero-order valence-electron chi connectivity index (χ0n) is 23.1. The quantitative estimate of drug-likeness (QED) is 0.288. The van der Waals surface area contributed by atoms with Gasteiger partial charge in [0.2, 0.25) is 5.91 Å². The molecule has 4 unspecified atom stereocenters. The molecule has 4 atom stereocenters. The van der Waals surface area contributed by atoms with E-state index in [0.717, 1.165) is 17.5 Å². The van der Waals surface area contributed by atoms with Crippen LogP contribution in [-0.4, -0.2) is 40.0 Å². The van der Waals surface area contributed by atoms with Gasteiger partial charge in [0.15, 0.2) is 11.6 Å². The summed E-state index contributed by atoms with van der Waals surface area (Å²) < 4.78 is 6.00. The average molecular weight is 556 g/mol. The van der Waals surface area contributed by atoms with Crippen molar-refractivity contribution in [2.75, 3.05) is 11.9 Å². The lowest BCUT2D eigenvalue weighted by Crippen LogP contribution is -2.49. The number of carbonyl (C=O) groups is 3. The van der Waals surface area contributed by atoms with Gasteiger partial charge in [-0.15, -0.1) is 0 Å². The number of anilines is 1. The molecule has 3 aliphatic heterocycles. The molecule has 1 aromatic heterocycles. The lowest BCUT2D eigenvalue weighted by Gasteiger charge is -2.38. The summed E-state index contributed by atoms with van der Waals surface area (Å²) in [5, 5.41) is 3.08. The van der Waals surface area contributed by atoms with Gasteiger partial charge in [0.05, 0.1) is 24.1 Å². The monoisotopic (exact) mass is 555 g/mol. The van der Waals surface area contributed by atoms with E-state index in [-0.39, 0.29) is 17.5 Å². The predicted molar refractivity (Wildman–Crippen MR) is 159 cm³/mol. The van der Waals surface area contributed by atoms with Crippen molar-refractivity contribution in [2.24, 2.45) is 5.92 Å². The van der Waals surface area contributed by atoms with Crippen LogP contribution in [0.3, 0.4) is 0 Å². The number of ketones is 2. The number of aromatic nitrogens is 1. The van der Waals surface area contributed by atoms with E-state index in [1.54, 1.807) is 36.5 Å². The predicted octanol–water partition coefficient (Wildman–Crippen LogP) is 5.85. The van der Waals surface area contributed by atoms with E-state index >= 15 is 0 Å². The lowest BCUT2D eigenvalue weighted by atomic mass is 9.62. The summed E-state index contributed by atoms with van der Waals surface area (Å²) in [6.07, 6.45) is 7.72. The molecule has 1 spiro atoms. The number of ether oxygens (including phenoxy) is 1. The number of fused-ring (bicyclic) bond motifs is 6. The number of Topliss-reactive ketones (excluding diaryl/α,β-unsaturated/α-hetero) is 2. The zero-order valence-corrected chi connectivity index (χ0v) is 23.1. The highest BCUT2D eigenvalue weighted by molar-refractivity contribution is 6.17. The van der Waals surface area contributed by atoms with Gasteiger partial charge in [-0.2, -0.15) is 0 Å². The van der Waals surface area contributed by atoms with Gasteiger partial charge < -0.3 is 15.0 Å². The smallest absolute Gasteiger partial charge is 0.238 e. The Morgan fingerprint density at radius 1 is 0.952 bits per heavy atom. The second kappa shape index (κ2) is 10.1. The van der Waals surface area contributed by atoms with E-state index in [2.05, 4.69) is 10.3 Å². The highest BCUT2D eigenvalue weighted by atomic mass is 16.5. The minimum atomic E-state index is -1.38. The Morgan fingerprint density at radius 2 is 1.74 bits per heavy atom. The van der Waals surface area contributed by atoms with Crippen LogP contribution in [0.5, 0.6) is 5.75 Å². The first-order valence-corrected chi connectivity index (χ1v) is 14.2. The summed E-state index contributed by atoms with van der Waals surface area (Å²) in [6.45, 7) is 2.46. The summed E-state index contributed by atoms with van der Waals surface area (Å²) >= 11 is 0. The largest absolute Gasteiger partial charge is 0.493 e. The fourth-order valence-electron chi connectivity index (χ4n) is 7.02. The first-order valence-electron chi connectivity index (χ1n) is 14.2. The van der Waals surface area contributed by atoms with Gasteiger partial charge in [-0.3, -0.25) is 19.4 Å². The Hall–Kier alpha value is -5.04. The van der Waals surface area contributed by atoms with Crippen LogP contribution in [0.25, 0.3) is 6.08 Å². The summed E-state index contributed by atoms with van der Waals surface area (Å²) in [5.41, 5.74) is 2.55. The molecule has 0 bridgehead atoms. The molecule has 1 amide bonds. The minimum absolute atomic E-state index is 0.271. The molecule has 4 heterocycles. The Labute approximate surface area is 243 Å². The lowest BCUT2D eigenvalue weighted by molar-refractivity contribution is -0.122. The maximum Gasteiger partial charge on any atom is 0.238 e. The number of rotatable bonds is 7. The van der Waals surface area contributed by atoms with Crippen LogP contribution in [0, 0.1) is 5.92 Å². The number of para-hydroxylation sites is 2. The number of nitrogens with zero attached hydrogens (tertiary/aromatic N) is 2. The van der Waals surface area contributed by atoms with Crippen LogP contribution in [-0.2, 0) is 10.2 Å². The number of amides is 1. The number of carbonyl (C=O) groups excluding carboxylic acids is 3. The van der Waals surface area contributed by atoms with Crippen LogP contribution in [0.4, 0.5) is 5.69 Å². The fraction of sp³-hybridized carbons (Fsp3) is 0.200. The van der Waals surface area contributed by atoms with Gasteiger partial charge in [-0.05, 0) is 59.5 Å². The van der Waals surface area contributed by atoms with Crippen molar-refractivity contribution < 1.29 is 19.1 Å². The first kappa shape index (κ1) is 25.9. The molecule has 1 N–H and O–H groups in total. The number of pyridine rings is 1. The van der Waals surface area contributed by atoms with Crippen molar-refractivity contribution in [3.63, 3.8) is 0 Å². The highest BCUT2D eigenvalue weighted by Gasteiger charge is 2.70. The molecule has 1 saturated heterocycles. The molecule has 0 aliphatic carbocycles. The SMILES string of the molecule is CCCOc1ccccc1C(=O)C1C(C(=O)c2cccnc2)C2(C(=O)Nc3ccccc32)C2c3ccccc3C=CN12. The topological polar surface area (TPSA) is 88.6 Å². The second-order valence-corrected chi connectivity index (χ2v) is 10.9. The van der Waals surface area contributed by atoms with Gasteiger partial charge >= 0.3 is 0 Å². The molecule has 4 aromatic rings. The average Bonchev–Trinajstić information content (AvgIpc) is 3.52. The summed E-state index contributed by atoms with van der Waals surface area (Å²) in [4.78, 5) is 50.3. The van der Waals surface area contributed by atoms with Crippen molar-refractivity contribution in [1.82, 2.24) is 9.88 Å². The standard InChI is InChI=1S/C35H29N3O4/c1-2-20-42-28-16-8-5-13-25(28)32(40)30-29(31(39)23-11-9-18-36-21-23)35(26-14-6-7-15-27(26)37-34(35)41)33-24-12-4-3-10-22(24)17-19-38(30)33/h3-19,21,29-30,33H,2,20H2,1H3,(H,37,41). The Morgan fingerprint density at radius 3 is 2.57 bits per heavy atom. The van der Waals surface area contributed by atoms with Crippen LogP contribution in [0.2, 0.25) is 0 Å². The molecule has 0 saturated carbocycles. The van der Waals surface area contributed by atoms with Crippen molar-refractivity contribution in [1.29, 1.82) is 0 Å². The van der Waals surface area contributed by atoms with Crippen LogP contribution in [0.1, 0.15) is 56.8 Å². The van der Waals surface area contributed by atoms with Crippen molar-refractivity contribution in [2.45, 2.75) is 30.8 Å². The number of nitrogens with one attached hydrogen (secondary N) is 1. The summed E-state index contributed by atoms with van der Waals surface area (Å²) in [6, 6.07) is 24.3. The minimum Gasteiger partial charge on any atom is -0.493 e. The molecular formula is C35H29N3O4. The van der Waals surface area contributed by atoms with Gasteiger partial charge in [0.25, 0.3) is 0 Å². The molecule has 3 aliphatic rings.